The number of hydrogen-bond acceptors (Lipinski definition) is 3. The van der Waals surface area contributed by atoms with E-state index >= 15 is 0 Å². The highest BCUT2D eigenvalue weighted by atomic mass is 35.5. The van der Waals surface area contributed by atoms with Crippen LogP contribution in [0.15, 0.2) is 24.5 Å². The molecule has 0 fully saturated rings. The van der Waals surface area contributed by atoms with Gasteiger partial charge in [-0.3, -0.25) is 4.98 Å². The Hall–Kier alpha value is -1.32. The van der Waals surface area contributed by atoms with Crippen LogP contribution in [-0.4, -0.2) is 17.0 Å². The molecule has 0 aliphatic carbocycles. The van der Waals surface area contributed by atoms with Crippen LogP contribution < -0.4 is 5.32 Å². The highest BCUT2D eigenvalue weighted by Gasteiger charge is 2.11. The highest BCUT2D eigenvalue weighted by Crippen LogP contribution is 2.33. The van der Waals surface area contributed by atoms with Gasteiger partial charge in [-0.05, 0) is 24.6 Å². The second kappa shape index (κ2) is 4.90. The smallest absolute Gasteiger partial charge is 0.145 e. The molecule has 17 heavy (non-hydrogen) atoms. The van der Waals surface area contributed by atoms with Gasteiger partial charge in [0.25, 0.3) is 0 Å². The summed E-state index contributed by atoms with van der Waals surface area (Å²) in [6.45, 7) is 1.97. The Morgan fingerprint density at radius 3 is 2.65 bits per heavy atom. The minimum Gasteiger partial charge on any atom is -0.372 e. The second-order valence-corrected chi connectivity index (χ2v) is 4.40. The van der Waals surface area contributed by atoms with Gasteiger partial charge in [0.2, 0.25) is 0 Å². The molecule has 1 N–H and O–H groups in total. The van der Waals surface area contributed by atoms with Crippen LogP contribution in [0.25, 0.3) is 11.3 Å². The van der Waals surface area contributed by atoms with Crippen molar-refractivity contribution in [3.05, 3.63) is 40.1 Å². The van der Waals surface area contributed by atoms with E-state index in [0.717, 1.165) is 11.1 Å². The van der Waals surface area contributed by atoms with Crippen molar-refractivity contribution in [2.75, 3.05) is 12.4 Å². The van der Waals surface area contributed by atoms with E-state index < -0.39 is 0 Å². The maximum Gasteiger partial charge on any atom is 0.145 e. The van der Waals surface area contributed by atoms with E-state index in [1.807, 2.05) is 13.0 Å². The lowest BCUT2D eigenvalue weighted by Crippen LogP contribution is -1.97. The third kappa shape index (κ3) is 2.35. The number of rotatable bonds is 2. The van der Waals surface area contributed by atoms with Gasteiger partial charge >= 0.3 is 0 Å². The summed E-state index contributed by atoms with van der Waals surface area (Å²) < 4.78 is 0. The summed E-state index contributed by atoms with van der Waals surface area (Å²) in [6, 6.07) is 3.58. The van der Waals surface area contributed by atoms with Gasteiger partial charge < -0.3 is 5.32 Å². The lowest BCUT2D eigenvalue weighted by Gasteiger charge is -2.10. The molecule has 88 valence electrons. The van der Waals surface area contributed by atoms with Gasteiger partial charge in [0.1, 0.15) is 5.82 Å². The molecule has 0 radical (unpaired) electrons. The number of aromatic nitrogens is 2. The van der Waals surface area contributed by atoms with Crippen LogP contribution in [0, 0.1) is 6.92 Å². The number of nitrogens with zero attached hydrogens (tertiary/aromatic N) is 2. The van der Waals surface area contributed by atoms with E-state index in [9.17, 15) is 0 Å². The van der Waals surface area contributed by atoms with E-state index in [-0.39, 0.29) is 0 Å². The quantitative estimate of drug-likeness (QED) is 0.900. The zero-order chi connectivity index (χ0) is 12.4. The molecule has 2 aromatic rings. The monoisotopic (exact) mass is 267 g/mol. The number of anilines is 1. The molecule has 5 heteroatoms. The number of aryl methyl sites for hydroxylation is 1. The lowest BCUT2D eigenvalue weighted by molar-refractivity contribution is 1.23. The molecule has 0 spiro atoms. The molecule has 0 atom stereocenters. The van der Waals surface area contributed by atoms with Gasteiger partial charge in [-0.15, -0.1) is 0 Å². The summed E-state index contributed by atoms with van der Waals surface area (Å²) in [7, 11) is 1.77. The van der Waals surface area contributed by atoms with E-state index in [1.165, 1.54) is 0 Å². The largest absolute Gasteiger partial charge is 0.372 e. The zero-order valence-electron chi connectivity index (χ0n) is 9.46. The van der Waals surface area contributed by atoms with E-state index in [4.69, 9.17) is 23.2 Å². The normalized spacial score (nSPS) is 10.4. The van der Waals surface area contributed by atoms with Crippen LogP contribution in [0.5, 0.6) is 0 Å². The Balaban J connectivity index is 2.64. The fraction of sp³-hybridized carbons (Fsp3) is 0.167. The minimum absolute atomic E-state index is 0.507. The SMILES string of the molecule is CNc1nc(-c2ccncc2C)c(Cl)cc1Cl. The summed E-state index contributed by atoms with van der Waals surface area (Å²) in [4.78, 5) is 8.47. The standard InChI is InChI=1S/C12H11Cl2N3/c1-7-6-16-4-3-8(7)11-9(13)5-10(14)12(15-2)17-11/h3-6H,1-2H3,(H,15,17). The summed E-state index contributed by atoms with van der Waals surface area (Å²) in [5.74, 6) is 0.613. The Kier molecular flexibility index (Phi) is 3.50. The Morgan fingerprint density at radius 2 is 2.00 bits per heavy atom. The maximum absolute atomic E-state index is 6.17. The molecular weight excluding hydrogens is 257 g/mol. The Morgan fingerprint density at radius 1 is 1.24 bits per heavy atom. The van der Waals surface area contributed by atoms with Gasteiger partial charge in [0.15, 0.2) is 0 Å². The van der Waals surface area contributed by atoms with Crippen molar-refractivity contribution >= 4 is 29.0 Å². The van der Waals surface area contributed by atoms with E-state index in [0.29, 0.717) is 21.6 Å². The first-order chi connectivity index (χ1) is 8.13. The zero-order valence-corrected chi connectivity index (χ0v) is 11.0. The molecule has 0 bridgehead atoms. The summed E-state index contributed by atoms with van der Waals surface area (Å²) >= 11 is 12.2. The van der Waals surface area contributed by atoms with Gasteiger partial charge in [-0.1, -0.05) is 23.2 Å². The van der Waals surface area contributed by atoms with Crippen LogP contribution >= 0.6 is 23.2 Å². The molecule has 0 saturated carbocycles. The maximum atomic E-state index is 6.17. The molecule has 0 aromatic carbocycles. The Labute approximate surface area is 110 Å². The van der Waals surface area contributed by atoms with Crippen LogP contribution in [0.1, 0.15) is 5.56 Å². The number of pyridine rings is 2. The molecule has 0 saturated heterocycles. The molecule has 0 amide bonds. The van der Waals surface area contributed by atoms with Crippen molar-refractivity contribution in [3.63, 3.8) is 0 Å². The van der Waals surface area contributed by atoms with Crippen LogP contribution in [-0.2, 0) is 0 Å². The van der Waals surface area contributed by atoms with Gasteiger partial charge in [-0.2, -0.15) is 0 Å². The molecule has 2 heterocycles. The van der Waals surface area contributed by atoms with Gasteiger partial charge in [-0.25, -0.2) is 4.98 Å². The minimum atomic E-state index is 0.507. The third-order valence-corrected chi connectivity index (χ3v) is 3.02. The van der Waals surface area contributed by atoms with Crippen molar-refractivity contribution in [2.24, 2.45) is 0 Å². The molecule has 3 nitrogen and oxygen atoms in total. The van der Waals surface area contributed by atoms with Crippen LogP contribution in [0.2, 0.25) is 10.0 Å². The van der Waals surface area contributed by atoms with Crippen molar-refractivity contribution in [1.82, 2.24) is 9.97 Å². The second-order valence-electron chi connectivity index (χ2n) is 3.59. The van der Waals surface area contributed by atoms with Crippen molar-refractivity contribution < 1.29 is 0 Å². The third-order valence-electron chi connectivity index (χ3n) is 2.44. The fourth-order valence-corrected chi connectivity index (χ4v) is 2.12. The summed E-state index contributed by atoms with van der Waals surface area (Å²) in [6.07, 6.45) is 3.50. The number of hydrogen-bond donors (Lipinski definition) is 1. The first kappa shape index (κ1) is 12.1. The molecule has 2 aromatic heterocycles. The van der Waals surface area contributed by atoms with Gasteiger partial charge in [0.05, 0.1) is 15.7 Å². The van der Waals surface area contributed by atoms with Crippen LogP contribution in [0.3, 0.4) is 0 Å². The van der Waals surface area contributed by atoms with Crippen molar-refractivity contribution in [1.29, 1.82) is 0 Å². The molecule has 0 unspecified atom stereocenters. The molecular formula is C12H11Cl2N3. The van der Waals surface area contributed by atoms with E-state index in [1.54, 1.807) is 25.5 Å². The first-order valence-corrected chi connectivity index (χ1v) is 5.84. The number of halogens is 2. The summed E-state index contributed by atoms with van der Waals surface area (Å²) in [5, 5.41) is 3.97. The molecule has 2 rings (SSSR count). The topological polar surface area (TPSA) is 37.8 Å². The molecule has 0 aliphatic rings. The van der Waals surface area contributed by atoms with Crippen molar-refractivity contribution in [2.45, 2.75) is 6.92 Å². The molecule has 0 aliphatic heterocycles. The van der Waals surface area contributed by atoms with Crippen molar-refractivity contribution in [3.8, 4) is 11.3 Å². The average molecular weight is 268 g/mol. The lowest BCUT2D eigenvalue weighted by atomic mass is 10.1. The van der Waals surface area contributed by atoms with E-state index in [2.05, 4.69) is 15.3 Å². The van der Waals surface area contributed by atoms with Gasteiger partial charge in [0, 0.05) is 25.0 Å². The predicted octanol–water partition coefficient (Wildman–Crippen LogP) is 3.80. The predicted molar refractivity (Wildman–Crippen MR) is 71.8 cm³/mol. The fourth-order valence-electron chi connectivity index (χ4n) is 1.57. The first-order valence-electron chi connectivity index (χ1n) is 5.08. The number of nitrogens with one attached hydrogen (secondary N) is 1. The van der Waals surface area contributed by atoms with Crippen LogP contribution in [0.4, 0.5) is 5.82 Å². The Bertz CT molecular complexity index is 555. The summed E-state index contributed by atoms with van der Waals surface area (Å²) in [5.41, 5.74) is 2.68. The average Bonchev–Trinajstić information content (AvgIpc) is 2.31. The highest BCUT2D eigenvalue weighted by molar-refractivity contribution is 6.37.